The standard InChI is InChI=1S/C30H37NO/c1-7-14-28(32-6)29(22(3)8-2)30-26(20-19-25-17-12-13-18-27(25)30)21-31(5)23(4)24-15-10-9-11-16-24/h9-20,23H,7-8,21H2,1-6H3/b28-14+,29-22+. The number of nitrogens with zero attached hydrogens (tertiary/aromatic N) is 1. The molecule has 2 heteroatoms. The Bertz CT molecular complexity index is 1090. The monoisotopic (exact) mass is 427 g/mol. The molecule has 0 fully saturated rings. The molecule has 0 saturated heterocycles. The van der Waals surface area contributed by atoms with E-state index in [9.17, 15) is 0 Å². The van der Waals surface area contributed by atoms with Gasteiger partial charge in [-0.05, 0) is 67.3 Å². The number of hydrogen-bond donors (Lipinski definition) is 0. The van der Waals surface area contributed by atoms with Crippen LogP contribution in [0.2, 0.25) is 0 Å². The van der Waals surface area contributed by atoms with Gasteiger partial charge in [-0.25, -0.2) is 0 Å². The number of ether oxygens (including phenoxy) is 1. The van der Waals surface area contributed by atoms with Crippen LogP contribution in [-0.4, -0.2) is 19.1 Å². The molecule has 3 aromatic carbocycles. The molecule has 1 atom stereocenters. The van der Waals surface area contributed by atoms with Crippen molar-refractivity contribution in [2.45, 2.75) is 53.1 Å². The van der Waals surface area contributed by atoms with E-state index in [-0.39, 0.29) is 0 Å². The van der Waals surface area contributed by atoms with Gasteiger partial charge in [-0.3, -0.25) is 4.90 Å². The third-order valence-electron chi connectivity index (χ3n) is 6.44. The molecule has 0 aliphatic carbocycles. The third kappa shape index (κ3) is 5.14. The van der Waals surface area contributed by atoms with Crippen molar-refractivity contribution in [2.75, 3.05) is 14.2 Å². The Kier molecular flexibility index (Phi) is 8.30. The summed E-state index contributed by atoms with van der Waals surface area (Å²) in [5.74, 6) is 0.975. The van der Waals surface area contributed by atoms with Gasteiger partial charge in [0.25, 0.3) is 0 Å². The van der Waals surface area contributed by atoms with E-state index >= 15 is 0 Å². The zero-order valence-electron chi connectivity index (χ0n) is 20.5. The topological polar surface area (TPSA) is 12.5 Å². The number of benzene rings is 3. The molecule has 3 rings (SSSR count). The van der Waals surface area contributed by atoms with E-state index in [4.69, 9.17) is 4.74 Å². The molecule has 3 aromatic rings. The molecule has 0 aromatic heterocycles. The number of hydrogen-bond acceptors (Lipinski definition) is 2. The van der Waals surface area contributed by atoms with Crippen LogP contribution in [0.5, 0.6) is 0 Å². The van der Waals surface area contributed by atoms with Crippen LogP contribution in [0.15, 0.2) is 84.1 Å². The fourth-order valence-corrected chi connectivity index (χ4v) is 4.33. The molecule has 0 amide bonds. The van der Waals surface area contributed by atoms with Crippen molar-refractivity contribution in [3.05, 3.63) is 101 Å². The number of fused-ring (bicyclic) bond motifs is 1. The molecule has 0 N–H and O–H groups in total. The van der Waals surface area contributed by atoms with E-state index in [2.05, 4.69) is 112 Å². The van der Waals surface area contributed by atoms with Crippen molar-refractivity contribution < 1.29 is 4.74 Å². The normalized spacial score (nSPS) is 13.9. The maximum atomic E-state index is 5.95. The molecule has 168 valence electrons. The maximum absolute atomic E-state index is 5.95. The highest BCUT2D eigenvalue weighted by Crippen LogP contribution is 2.37. The van der Waals surface area contributed by atoms with Crippen LogP contribution in [0.4, 0.5) is 0 Å². The smallest absolute Gasteiger partial charge is 0.122 e. The second kappa shape index (κ2) is 11.2. The van der Waals surface area contributed by atoms with Gasteiger partial charge in [-0.1, -0.05) is 86.2 Å². The van der Waals surface area contributed by atoms with E-state index in [1.165, 1.54) is 38.6 Å². The molecule has 0 bridgehead atoms. The van der Waals surface area contributed by atoms with Gasteiger partial charge in [0.2, 0.25) is 0 Å². The first-order chi connectivity index (χ1) is 15.5. The average molecular weight is 428 g/mol. The van der Waals surface area contributed by atoms with Gasteiger partial charge in [0.15, 0.2) is 0 Å². The molecule has 2 nitrogen and oxygen atoms in total. The van der Waals surface area contributed by atoms with Crippen LogP contribution in [0, 0.1) is 0 Å². The summed E-state index contributed by atoms with van der Waals surface area (Å²) in [5.41, 5.74) is 6.56. The zero-order chi connectivity index (χ0) is 23.1. The summed E-state index contributed by atoms with van der Waals surface area (Å²) in [6, 6.07) is 24.3. The Hall–Kier alpha value is -2.84. The zero-order valence-corrected chi connectivity index (χ0v) is 20.5. The SMILES string of the molecule is CC/C=C(OC)\C(=C(\C)CC)c1c(CN(C)C(C)c2ccccc2)ccc2ccccc12. The molecule has 0 saturated carbocycles. The van der Waals surface area contributed by atoms with Gasteiger partial charge in [-0.15, -0.1) is 0 Å². The molecular weight excluding hydrogens is 390 g/mol. The molecule has 32 heavy (non-hydrogen) atoms. The summed E-state index contributed by atoms with van der Waals surface area (Å²) in [6.45, 7) is 9.77. The summed E-state index contributed by atoms with van der Waals surface area (Å²) in [5, 5.41) is 2.55. The van der Waals surface area contributed by atoms with Crippen LogP contribution in [0.1, 0.15) is 63.3 Å². The number of allylic oxidation sites excluding steroid dienone is 3. The fraction of sp³-hybridized carbons (Fsp3) is 0.333. The highest BCUT2D eigenvalue weighted by atomic mass is 16.5. The molecule has 1 unspecified atom stereocenters. The summed E-state index contributed by atoms with van der Waals surface area (Å²) in [7, 11) is 4.00. The van der Waals surface area contributed by atoms with Crippen LogP contribution in [0.25, 0.3) is 16.3 Å². The highest BCUT2D eigenvalue weighted by molar-refractivity contribution is 5.99. The van der Waals surface area contributed by atoms with Gasteiger partial charge in [0.05, 0.1) is 7.11 Å². The second-order valence-electron chi connectivity index (χ2n) is 8.51. The predicted molar refractivity (Wildman–Crippen MR) is 139 cm³/mol. The van der Waals surface area contributed by atoms with E-state index in [0.717, 1.165) is 25.1 Å². The van der Waals surface area contributed by atoms with Crippen LogP contribution in [-0.2, 0) is 11.3 Å². The predicted octanol–water partition coefficient (Wildman–Crippen LogP) is 8.16. The summed E-state index contributed by atoms with van der Waals surface area (Å²) in [4.78, 5) is 2.43. The van der Waals surface area contributed by atoms with Crippen molar-refractivity contribution in [1.82, 2.24) is 4.90 Å². The number of rotatable bonds is 9. The first-order valence-electron chi connectivity index (χ1n) is 11.7. The van der Waals surface area contributed by atoms with Crippen molar-refractivity contribution in [2.24, 2.45) is 0 Å². The molecule has 0 spiro atoms. The van der Waals surface area contributed by atoms with Crippen molar-refractivity contribution in [1.29, 1.82) is 0 Å². The van der Waals surface area contributed by atoms with Crippen molar-refractivity contribution in [3.8, 4) is 0 Å². The largest absolute Gasteiger partial charge is 0.496 e. The lowest BCUT2D eigenvalue weighted by molar-refractivity contribution is 0.253. The fourth-order valence-electron chi connectivity index (χ4n) is 4.33. The Balaban J connectivity index is 2.18. The van der Waals surface area contributed by atoms with Crippen molar-refractivity contribution >= 4 is 16.3 Å². The summed E-state index contributed by atoms with van der Waals surface area (Å²) >= 11 is 0. The second-order valence-corrected chi connectivity index (χ2v) is 8.51. The Labute approximate surface area is 194 Å². The molecular formula is C30H37NO. The lowest BCUT2D eigenvalue weighted by Crippen LogP contribution is -2.22. The van der Waals surface area contributed by atoms with E-state index in [1.807, 2.05) is 0 Å². The lowest BCUT2D eigenvalue weighted by atomic mass is 9.88. The van der Waals surface area contributed by atoms with Crippen LogP contribution < -0.4 is 0 Å². The van der Waals surface area contributed by atoms with E-state index in [0.29, 0.717) is 6.04 Å². The molecule has 0 aliphatic rings. The molecule has 0 heterocycles. The van der Waals surface area contributed by atoms with Gasteiger partial charge in [0.1, 0.15) is 5.76 Å². The minimum absolute atomic E-state index is 0.323. The Morgan fingerprint density at radius 2 is 1.66 bits per heavy atom. The quantitative estimate of drug-likeness (QED) is 0.252. The van der Waals surface area contributed by atoms with Gasteiger partial charge in [-0.2, -0.15) is 0 Å². The highest BCUT2D eigenvalue weighted by Gasteiger charge is 2.21. The Morgan fingerprint density at radius 1 is 0.969 bits per heavy atom. The van der Waals surface area contributed by atoms with Gasteiger partial charge >= 0.3 is 0 Å². The van der Waals surface area contributed by atoms with Gasteiger partial charge < -0.3 is 4.74 Å². The van der Waals surface area contributed by atoms with Crippen molar-refractivity contribution in [3.63, 3.8) is 0 Å². The first-order valence-corrected chi connectivity index (χ1v) is 11.7. The summed E-state index contributed by atoms with van der Waals surface area (Å²) < 4.78 is 5.95. The maximum Gasteiger partial charge on any atom is 0.122 e. The molecule has 0 radical (unpaired) electrons. The van der Waals surface area contributed by atoms with E-state index in [1.54, 1.807) is 7.11 Å². The van der Waals surface area contributed by atoms with Crippen LogP contribution >= 0.6 is 0 Å². The first kappa shape index (κ1) is 23.8. The van der Waals surface area contributed by atoms with Crippen LogP contribution in [0.3, 0.4) is 0 Å². The summed E-state index contributed by atoms with van der Waals surface area (Å²) in [6.07, 6.45) is 4.13. The third-order valence-corrected chi connectivity index (χ3v) is 6.44. The minimum atomic E-state index is 0.323. The lowest BCUT2D eigenvalue weighted by Gasteiger charge is -2.28. The molecule has 0 aliphatic heterocycles. The Morgan fingerprint density at radius 3 is 2.31 bits per heavy atom. The number of methoxy groups -OCH3 is 1. The average Bonchev–Trinajstić information content (AvgIpc) is 2.84. The van der Waals surface area contributed by atoms with Gasteiger partial charge in [0, 0.05) is 18.2 Å². The minimum Gasteiger partial charge on any atom is -0.496 e. The van der Waals surface area contributed by atoms with E-state index < -0.39 is 0 Å².